The van der Waals surface area contributed by atoms with E-state index in [-0.39, 0.29) is 37.8 Å². The monoisotopic (exact) mass is 536 g/mol. The van der Waals surface area contributed by atoms with Gasteiger partial charge in [-0.05, 0) is 54.6 Å². The Balaban J connectivity index is 1.66. The molecule has 178 valence electrons. The molecule has 0 aromatic heterocycles. The number of nitrogens with one attached hydrogen (secondary N) is 2. The second kappa shape index (κ2) is 10.4. The van der Waals surface area contributed by atoms with Crippen LogP contribution in [-0.4, -0.2) is 18.3 Å². The van der Waals surface area contributed by atoms with Crippen molar-refractivity contribution in [3.05, 3.63) is 81.0 Å². The molecule has 0 saturated heterocycles. The molecule has 3 rings (SSSR count). The Morgan fingerprint density at radius 3 is 1.97 bits per heavy atom. The fourth-order valence-corrected chi connectivity index (χ4v) is 3.38. The third-order valence-corrected chi connectivity index (χ3v) is 4.81. The fraction of sp³-hybridized carbons (Fsp3) is 0.0476. The molecule has 34 heavy (non-hydrogen) atoms. The average molecular weight is 538 g/mol. The summed E-state index contributed by atoms with van der Waals surface area (Å²) >= 11 is 18.1. The highest BCUT2D eigenvalue weighted by Crippen LogP contribution is 2.39. The van der Waals surface area contributed by atoms with Gasteiger partial charge in [-0.1, -0.05) is 34.8 Å². The SMILES string of the molecule is O=C(NC(=O)c1ccc(F)cc1Cl)Nc1cc(Cl)c(Oc2ccc(OC(F)(F)F)cc2)c(Cl)c1. The van der Waals surface area contributed by atoms with E-state index < -0.39 is 29.9 Å². The van der Waals surface area contributed by atoms with Crippen molar-refractivity contribution in [2.75, 3.05) is 5.32 Å². The highest BCUT2D eigenvalue weighted by atomic mass is 35.5. The van der Waals surface area contributed by atoms with Gasteiger partial charge in [0, 0.05) is 5.69 Å². The van der Waals surface area contributed by atoms with Crippen LogP contribution in [-0.2, 0) is 0 Å². The van der Waals surface area contributed by atoms with Gasteiger partial charge in [0.05, 0.1) is 20.6 Å². The maximum absolute atomic E-state index is 13.1. The number of halogens is 7. The molecule has 0 saturated carbocycles. The molecule has 2 N–H and O–H groups in total. The molecular weight excluding hydrogens is 527 g/mol. The van der Waals surface area contributed by atoms with E-state index in [4.69, 9.17) is 39.5 Å². The number of anilines is 1. The summed E-state index contributed by atoms with van der Waals surface area (Å²) in [6.45, 7) is 0. The normalized spacial score (nSPS) is 11.0. The number of alkyl halides is 3. The molecule has 3 aromatic rings. The van der Waals surface area contributed by atoms with E-state index in [0.29, 0.717) is 0 Å². The molecule has 0 radical (unpaired) electrons. The van der Waals surface area contributed by atoms with Crippen LogP contribution < -0.4 is 20.1 Å². The topological polar surface area (TPSA) is 76.7 Å². The van der Waals surface area contributed by atoms with E-state index in [0.717, 1.165) is 30.3 Å². The van der Waals surface area contributed by atoms with Gasteiger partial charge in [-0.15, -0.1) is 13.2 Å². The number of imide groups is 1. The summed E-state index contributed by atoms with van der Waals surface area (Å²) in [5.74, 6) is -1.90. The number of rotatable bonds is 5. The highest BCUT2D eigenvalue weighted by Gasteiger charge is 2.31. The zero-order valence-corrected chi connectivity index (χ0v) is 18.7. The van der Waals surface area contributed by atoms with E-state index in [1.807, 2.05) is 5.32 Å². The van der Waals surface area contributed by atoms with Crippen molar-refractivity contribution in [3.8, 4) is 17.2 Å². The van der Waals surface area contributed by atoms with E-state index in [1.54, 1.807) is 0 Å². The quantitative estimate of drug-likeness (QED) is 0.332. The highest BCUT2D eigenvalue weighted by molar-refractivity contribution is 6.38. The van der Waals surface area contributed by atoms with Crippen LogP contribution >= 0.6 is 34.8 Å². The number of carbonyl (C=O) groups excluding carboxylic acids is 2. The Morgan fingerprint density at radius 1 is 0.824 bits per heavy atom. The second-order valence-corrected chi connectivity index (χ2v) is 7.64. The Labute approximate surface area is 204 Å². The van der Waals surface area contributed by atoms with Gasteiger partial charge in [0.15, 0.2) is 5.75 Å². The van der Waals surface area contributed by atoms with Gasteiger partial charge in [-0.3, -0.25) is 10.1 Å². The third-order valence-electron chi connectivity index (χ3n) is 3.94. The molecule has 0 aliphatic rings. The predicted octanol–water partition coefficient (Wildman–Crippen LogP) is 7.44. The molecule has 0 heterocycles. The summed E-state index contributed by atoms with van der Waals surface area (Å²) in [6.07, 6.45) is -4.83. The molecule has 0 aliphatic heterocycles. The Hall–Kier alpha value is -3.21. The first-order valence-electron chi connectivity index (χ1n) is 9.01. The molecule has 6 nitrogen and oxygen atoms in total. The third kappa shape index (κ3) is 6.89. The molecule has 13 heteroatoms. The van der Waals surface area contributed by atoms with Crippen molar-refractivity contribution in [2.45, 2.75) is 6.36 Å². The second-order valence-electron chi connectivity index (χ2n) is 6.42. The minimum atomic E-state index is -4.83. The van der Waals surface area contributed by atoms with Crippen molar-refractivity contribution < 1.29 is 36.6 Å². The van der Waals surface area contributed by atoms with Gasteiger partial charge in [0.25, 0.3) is 5.91 Å². The predicted molar refractivity (Wildman–Crippen MR) is 118 cm³/mol. The Kier molecular flexibility index (Phi) is 7.75. The number of hydrogen-bond acceptors (Lipinski definition) is 4. The Bertz CT molecular complexity index is 1210. The van der Waals surface area contributed by atoms with Crippen LogP contribution in [0, 0.1) is 5.82 Å². The van der Waals surface area contributed by atoms with Gasteiger partial charge in [-0.25, -0.2) is 9.18 Å². The number of hydrogen-bond donors (Lipinski definition) is 2. The van der Waals surface area contributed by atoms with Crippen molar-refractivity contribution in [1.82, 2.24) is 5.32 Å². The zero-order chi connectivity index (χ0) is 25.0. The molecule has 3 aromatic carbocycles. The zero-order valence-electron chi connectivity index (χ0n) is 16.5. The van der Waals surface area contributed by atoms with Gasteiger partial charge in [0.2, 0.25) is 0 Å². The first-order valence-corrected chi connectivity index (χ1v) is 10.1. The molecule has 0 spiro atoms. The van der Waals surface area contributed by atoms with Crippen LogP contribution in [0.15, 0.2) is 54.6 Å². The fourth-order valence-electron chi connectivity index (χ4n) is 2.56. The lowest BCUT2D eigenvalue weighted by atomic mass is 10.2. The first kappa shape index (κ1) is 25.4. The summed E-state index contributed by atoms with van der Waals surface area (Å²) in [5, 5.41) is 4.07. The first-order chi connectivity index (χ1) is 15.9. The van der Waals surface area contributed by atoms with Gasteiger partial charge in [0.1, 0.15) is 17.3 Å². The summed E-state index contributed by atoms with van der Waals surface area (Å²) < 4.78 is 59.1. The van der Waals surface area contributed by atoms with E-state index in [2.05, 4.69) is 10.1 Å². The van der Waals surface area contributed by atoms with Gasteiger partial charge in [-0.2, -0.15) is 0 Å². The summed E-state index contributed by atoms with van der Waals surface area (Å²) in [4.78, 5) is 24.3. The standard InChI is InChI=1S/C21H11Cl3F4N2O4/c22-15-7-10(25)1-6-14(15)19(31)30-20(32)29-11-8-16(23)18(17(24)9-11)33-12-2-4-13(5-3-12)34-21(26,27)28/h1-9H,(H2,29,30,31,32). The molecular formula is C21H11Cl3F4N2O4. The van der Waals surface area contributed by atoms with Gasteiger partial charge < -0.3 is 14.8 Å². The molecule has 0 bridgehead atoms. The van der Waals surface area contributed by atoms with Crippen molar-refractivity contribution in [3.63, 3.8) is 0 Å². The van der Waals surface area contributed by atoms with Crippen LogP contribution in [0.25, 0.3) is 0 Å². The minimum Gasteiger partial charge on any atom is -0.454 e. The number of urea groups is 1. The summed E-state index contributed by atoms with van der Waals surface area (Å²) in [7, 11) is 0. The van der Waals surface area contributed by atoms with Crippen LogP contribution in [0.5, 0.6) is 17.2 Å². The van der Waals surface area contributed by atoms with Crippen LogP contribution in [0.1, 0.15) is 10.4 Å². The van der Waals surface area contributed by atoms with Crippen LogP contribution in [0.4, 0.5) is 28.0 Å². The lowest BCUT2D eigenvalue weighted by Crippen LogP contribution is -2.34. The maximum Gasteiger partial charge on any atom is 0.573 e. The van der Waals surface area contributed by atoms with Crippen molar-refractivity contribution in [2.24, 2.45) is 0 Å². The number of benzene rings is 3. The van der Waals surface area contributed by atoms with E-state index >= 15 is 0 Å². The van der Waals surface area contributed by atoms with E-state index in [1.165, 1.54) is 24.3 Å². The minimum absolute atomic E-state index is 0.0343. The molecule has 0 fully saturated rings. The molecule has 3 amide bonds. The van der Waals surface area contributed by atoms with Crippen molar-refractivity contribution in [1.29, 1.82) is 0 Å². The maximum atomic E-state index is 13.1. The average Bonchev–Trinajstić information content (AvgIpc) is 2.70. The molecule has 0 aliphatic carbocycles. The van der Waals surface area contributed by atoms with Crippen LogP contribution in [0.3, 0.4) is 0 Å². The summed E-state index contributed by atoms with van der Waals surface area (Å²) in [5.41, 5.74) is -0.0311. The number of amides is 3. The number of ether oxygens (including phenoxy) is 2. The van der Waals surface area contributed by atoms with Gasteiger partial charge >= 0.3 is 12.4 Å². The summed E-state index contributed by atoms with van der Waals surface area (Å²) in [6, 6.07) is 9.10. The Morgan fingerprint density at radius 2 is 1.41 bits per heavy atom. The molecule has 0 atom stereocenters. The molecule has 0 unspecified atom stereocenters. The number of carbonyl (C=O) groups is 2. The van der Waals surface area contributed by atoms with Crippen molar-refractivity contribution >= 4 is 52.4 Å². The lowest BCUT2D eigenvalue weighted by Gasteiger charge is -2.13. The van der Waals surface area contributed by atoms with E-state index in [9.17, 15) is 27.2 Å². The van der Waals surface area contributed by atoms with Crippen LogP contribution in [0.2, 0.25) is 15.1 Å². The smallest absolute Gasteiger partial charge is 0.454 e. The lowest BCUT2D eigenvalue weighted by molar-refractivity contribution is -0.274. The largest absolute Gasteiger partial charge is 0.573 e.